The fraction of sp³-hybridized carbons (Fsp3) is 0.429. The highest BCUT2D eigenvalue weighted by Gasteiger charge is 2.14. The molecule has 86 valence electrons. The van der Waals surface area contributed by atoms with Crippen molar-refractivity contribution in [2.45, 2.75) is 32.6 Å². The van der Waals surface area contributed by atoms with Gasteiger partial charge >= 0.3 is 0 Å². The Kier molecular flexibility index (Phi) is 3.04. The van der Waals surface area contributed by atoms with Crippen molar-refractivity contribution in [3.05, 3.63) is 34.7 Å². The van der Waals surface area contributed by atoms with Crippen molar-refractivity contribution in [2.75, 3.05) is 6.54 Å². The molecule has 0 fully saturated rings. The first-order valence-corrected chi connectivity index (χ1v) is 6.61. The van der Waals surface area contributed by atoms with E-state index < -0.39 is 0 Å². The van der Waals surface area contributed by atoms with E-state index in [9.17, 15) is 0 Å². The number of hydrogen-bond acceptors (Lipinski definition) is 2. The van der Waals surface area contributed by atoms with Gasteiger partial charge in [0.2, 0.25) is 0 Å². The second kappa shape index (κ2) is 4.19. The van der Waals surface area contributed by atoms with Gasteiger partial charge in [-0.2, -0.15) is 0 Å². The Labute approximate surface area is 101 Å². The molecular weight excluding hydrogens is 214 g/mol. The minimum Gasteiger partial charge on any atom is -0.330 e. The van der Waals surface area contributed by atoms with Crippen molar-refractivity contribution >= 4 is 21.4 Å². The van der Waals surface area contributed by atoms with E-state index >= 15 is 0 Å². The fourth-order valence-corrected chi connectivity index (χ4v) is 2.88. The third kappa shape index (κ3) is 2.13. The molecule has 1 nitrogen and oxygen atoms in total. The van der Waals surface area contributed by atoms with Gasteiger partial charge in [0, 0.05) is 4.70 Å². The second-order valence-corrected chi connectivity index (χ2v) is 6.17. The zero-order chi connectivity index (χ0) is 11.8. The molecule has 0 bridgehead atoms. The van der Waals surface area contributed by atoms with Crippen molar-refractivity contribution in [2.24, 2.45) is 5.73 Å². The van der Waals surface area contributed by atoms with Crippen LogP contribution in [0.25, 0.3) is 10.1 Å². The lowest BCUT2D eigenvalue weighted by molar-refractivity contribution is 0.591. The van der Waals surface area contributed by atoms with Crippen LogP contribution < -0.4 is 5.73 Å². The number of benzene rings is 1. The highest BCUT2D eigenvalue weighted by Crippen LogP contribution is 2.31. The van der Waals surface area contributed by atoms with E-state index in [1.165, 1.54) is 21.2 Å². The quantitative estimate of drug-likeness (QED) is 0.841. The van der Waals surface area contributed by atoms with Crippen LogP contribution in [0.4, 0.5) is 0 Å². The van der Waals surface area contributed by atoms with E-state index in [4.69, 9.17) is 5.73 Å². The van der Waals surface area contributed by atoms with Crippen LogP contribution in [0.15, 0.2) is 23.6 Å². The number of rotatable bonds is 2. The normalized spacial score (nSPS) is 12.2. The summed E-state index contributed by atoms with van der Waals surface area (Å²) in [6.07, 6.45) is 0.980. The molecule has 2 rings (SSSR count). The summed E-state index contributed by atoms with van der Waals surface area (Å²) >= 11 is 1.82. The highest BCUT2D eigenvalue weighted by atomic mass is 32.1. The zero-order valence-corrected chi connectivity index (χ0v) is 11.0. The number of fused-ring (bicyclic) bond motifs is 1. The highest BCUT2D eigenvalue weighted by molar-refractivity contribution is 7.17. The summed E-state index contributed by atoms with van der Waals surface area (Å²) in [5, 5.41) is 3.63. The Morgan fingerprint density at radius 2 is 2.00 bits per heavy atom. The molecule has 0 atom stereocenters. The van der Waals surface area contributed by atoms with E-state index in [1.54, 1.807) is 0 Å². The number of thiophene rings is 1. The third-order valence-electron chi connectivity index (χ3n) is 2.93. The van der Waals surface area contributed by atoms with Crippen LogP contribution >= 0.6 is 11.3 Å². The van der Waals surface area contributed by atoms with Gasteiger partial charge in [-0.3, -0.25) is 0 Å². The lowest BCUT2D eigenvalue weighted by atomic mass is 9.86. The van der Waals surface area contributed by atoms with Gasteiger partial charge in [0.25, 0.3) is 0 Å². The molecule has 0 saturated carbocycles. The zero-order valence-electron chi connectivity index (χ0n) is 10.2. The van der Waals surface area contributed by atoms with E-state index in [2.05, 4.69) is 44.4 Å². The molecule has 16 heavy (non-hydrogen) atoms. The summed E-state index contributed by atoms with van der Waals surface area (Å²) in [4.78, 5) is 0. The molecule has 0 aliphatic carbocycles. The lowest BCUT2D eigenvalue weighted by Gasteiger charge is -2.19. The monoisotopic (exact) mass is 233 g/mol. The van der Waals surface area contributed by atoms with Crippen molar-refractivity contribution in [1.82, 2.24) is 0 Å². The molecule has 2 heteroatoms. The molecule has 0 saturated heterocycles. The third-order valence-corrected chi connectivity index (χ3v) is 3.95. The SMILES string of the molecule is CC(C)(C)c1ccc2scc(CCN)c2c1. The van der Waals surface area contributed by atoms with Gasteiger partial charge < -0.3 is 5.73 Å². The van der Waals surface area contributed by atoms with Crippen LogP contribution in [-0.4, -0.2) is 6.54 Å². The van der Waals surface area contributed by atoms with Gasteiger partial charge in [-0.05, 0) is 52.4 Å². The van der Waals surface area contributed by atoms with Crippen molar-refractivity contribution in [3.63, 3.8) is 0 Å². The summed E-state index contributed by atoms with van der Waals surface area (Å²) < 4.78 is 1.37. The standard InChI is InChI=1S/C14H19NS/c1-14(2,3)11-4-5-13-12(8-11)10(6-7-15)9-16-13/h4-5,8-9H,6-7,15H2,1-3H3. The summed E-state index contributed by atoms with van der Waals surface area (Å²) in [6.45, 7) is 7.49. The summed E-state index contributed by atoms with van der Waals surface area (Å²) in [7, 11) is 0. The van der Waals surface area contributed by atoms with Crippen molar-refractivity contribution < 1.29 is 0 Å². The molecule has 0 radical (unpaired) electrons. The minimum atomic E-state index is 0.218. The molecule has 2 N–H and O–H groups in total. The number of nitrogens with two attached hydrogens (primary N) is 1. The van der Waals surface area contributed by atoms with E-state index in [1.807, 2.05) is 11.3 Å². The second-order valence-electron chi connectivity index (χ2n) is 5.26. The molecular formula is C14H19NS. The largest absolute Gasteiger partial charge is 0.330 e. The van der Waals surface area contributed by atoms with E-state index in [0.29, 0.717) is 0 Å². The molecule has 1 aromatic carbocycles. The minimum absolute atomic E-state index is 0.218. The first-order valence-electron chi connectivity index (χ1n) is 5.73. The van der Waals surface area contributed by atoms with Gasteiger partial charge in [-0.1, -0.05) is 26.8 Å². The van der Waals surface area contributed by atoms with Crippen LogP contribution in [0.1, 0.15) is 31.9 Å². The van der Waals surface area contributed by atoms with Crippen molar-refractivity contribution in [3.8, 4) is 0 Å². The van der Waals surface area contributed by atoms with Gasteiger partial charge in [0.05, 0.1) is 0 Å². The predicted octanol–water partition coefficient (Wildman–Crippen LogP) is 3.70. The Balaban J connectivity index is 2.54. The molecule has 0 aliphatic heterocycles. The lowest BCUT2D eigenvalue weighted by Crippen LogP contribution is -2.10. The molecule has 0 amide bonds. The molecule has 2 aromatic rings. The van der Waals surface area contributed by atoms with Gasteiger partial charge in [-0.25, -0.2) is 0 Å². The van der Waals surface area contributed by atoms with Gasteiger partial charge in [-0.15, -0.1) is 11.3 Å². The van der Waals surface area contributed by atoms with Gasteiger partial charge in [0.1, 0.15) is 0 Å². The first-order chi connectivity index (χ1) is 7.52. The predicted molar refractivity (Wildman–Crippen MR) is 73.3 cm³/mol. The molecule has 0 unspecified atom stereocenters. The summed E-state index contributed by atoms with van der Waals surface area (Å²) in [5.41, 5.74) is 8.65. The maximum atomic E-state index is 5.64. The van der Waals surface area contributed by atoms with E-state index in [0.717, 1.165) is 13.0 Å². The molecule has 0 spiro atoms. The Hall–Kier alpha value is -0.860. The van der Waals surface area contributed by atoms with Crippen LogP contribution in [0.2, 0.25) is 0 Å². The van der Waals surface area contributed by atoms with Crippen LogP contribution in [0.3, 0.4) is 0 Å². The maximum absolute atomic E-state index is 5.64. The Morgan fingerprint density at radius 1 is 1.25 bits per heavy atom. The molecule has 0 aliphatic rings. The molecule has 1 aromatic heterocycles. The molecule has 1 heterocycles. The van der Waals surface area contributed by atoms with Gasteiger partial charge in [0.15, 0.2) is 0 Å². The smallest absolute Gasteiger partial charge is 0.0345 e. The topological polar surface area (TPSA) is 26.0 Å². The fourth-order valence-electron chi connectivity index (χ4n) is 1.90. The van der Waals surface area contributed by atoms with Crippen LogP contribution in [0, 0.1) is 0 Å². The van der Waals surface area contributed by atoms with E-state index in [-0.39, 0.29) is 5.41 Å². The maximum Gasteiger partial charge on any atom is 0.0345 e. The Bertz CT molecular complexity index is 491. The van der Waals surface area contributed by atoms with Crippen molar-refractivity contribution in [1.29, 1.82) is 0 Å². The average molecular weight is 233 g/mol. The first kappa shape index (κ1) is 11.6. The van der Waals surface area contributed by atoms with Crippen LogP contribution in [0.5, 0.6) is 0 Å². The average Bonchev–Trinajstić information content (AvgIpc) is 2.60. The van der Waals surface area contributed by atoms with Crippen LogP contribution in [-0.2, 0) is 11.8 Å². The number of hydrogen-bond donors (Lipinski definition) is 1. The Morgan fingerprint density at radius 3 is 2.62 bits per heavy atom. The summed E-state index contributed by atoms with van der Waals surface area (Å²) in [5.74, 6) is 0. The summed E-state index contributed by atoms with van der Waals surface area (Å²) in [6, 6.07) is 6.81.